The van der Waals surface area contributed by atoms with Crippen molar-refractivity contribution in [2.24, 2.45) is 5.92 Å². The molecular weight excluding hydrogens is 150 g/mol. The van der Waals surface area contributed by atoms with Crippen LogP contribution in [0.1, 0.15) is 33.1 Å². The van der Waals surface area contributed by atoms with Crippen LogP contribution in [0.2, 0.25) is 0 Å². The molecule has 0 saturated carbocycles. The molecule has 0 radical (unpaired) electrons. The molecule has 0 bridgehead atoms. The molecule has 1 N–H and O–H groups in total. The van der Waals surface area contributed by atoms with Gasteiger partial charge in [-0.25, -0.2) is 0 Å². The minimum atomic E-state index is -0.113. The van der Waals surface area contributed by atoms with Gasteiger partial charge in [0.15, 0.2) is 0 Å². The van der Waals surface area contributed by atoms with Crippen LogP contribution in [0.5, 0.6) is 0 Å². The monoisotopic (exact) mass is 171 g/mol. The van der Waals surface area contributed by atoms with Crippen molar-refractivity contribution in [2.45, 2.75) is 39.2 Å². The molecule has 1 rings (SSSR count). The Morgan fingerprint density at radius 1 is 1.42 bits per heavy atom. The van der Waals surface area contributed by atoms with Crippen LogP contribution in [-0.2, 0) is 0 Å². The average molecular weight is 171 g/mol. The quantitative estimate of drug-likeness (QED) is 0.695. The molecule has 0 aromatic carbocycles. The highest BCUT2D eigenvalue weighted by Crippen LogP contribution is 2.16. The highest BCUT2D eigenvalue weighted by Gasteiger charge is 2.17. The number of hydrogen-bond acceptors (Lipinski definition) is 2. The van der Waals surface area contributed by atoms with Crippen LogP contribution in [0.15, 0.2) is 0 Å². The first-order chi connectivity index (χ1) is 5.72. The van der Waals surface area contributed by atoms with Gasteiger partial charge in [0.1, 0.15) is 0 Å². The Labute approximate surface area is 75.6 Å². The lowest BCUT2D eigenvalue weighted by Gasteiger charge is -2.31. The van der Waals surface area contributed by atoms with Gasteiger partial charge in [-0.15, -0.1) is 0 Å². The van der Waals surface area contributed by atoms with Crippen molar-refractivity contribution >= 4 is 0 Å². The second-order valence-electron chi connectivity index (χ2n) is 4.05. The number of aliphatic hydroxyl groups is 1. The van der Waals surface area contributed by atoms with Gasteiger partial charge in [0.25, 0.3) is 0 Å². The van der Waals surface area contributed by atoms with E-state index in [9.17, 15) is 5.11 Å². The number of likely N-dealkylation sites (tertiary alicyclic amines) is 1. The van der Waals surface area contributed by atoms with Crippen LogP contribution in [0.3, 0.4) is 0 Å². The standard InChI is InChI=1S/C10H21NO/c1-3-10(12)8-11-6-4-9(2)5-7-11/h9-10,12H,3-8H2,1-2H3/t10-/m0/s1. The molecule has 0 aliphatic carbocycles. The van der Waals surface area contributed by atoms with Gasteiger partial charge >= 0.3 is 0 Å². The molecule has 2 heteroatoms. The second-order valence-corrected chi connectivity index (χ2v) is 4.05. The lowest BCUT2D eigenvalue weighted by molar-refractivity contribution is 0.0891. The van der Waals surface area contributed by atoms with Crippen LogP contribution in [0.25, 0.3) is 0 Å². The van der Waals surface area contributed by atoms with Crippen molar-refractivity contribution in [1.29, 1.82) is 0 Å². The van der Waals surface area contributed by atoms with E-state index in [1.54, 1.807) is 0 Å². The van der Waals surface area contributed by atoms with Gasteiger partial charge in [-0.1, -0.05) is 13.8 Å². The van der Waals surface area contributed by atoms with E-state index in [1.807, 2.05) is 6.92 Å². The van der Waals surface area contributed by atoms with Crippen LogP contribution in [0, 0.1) is 5.92 Å². The lowest BCUT2D eigenvalue weighted by Crippen LogP contribution is -2.38. The summed E-state index contributed by atoms with van der Waals surface area (Å²) in [6, 6.07) is 0. The van der Waals surface area contributed by atoms with Gasteiger partial charge in [-0.2, -0.15) is 0 Å². The zero-order valence-electron chi connectivity index (χ0n) is 8.29. The Bertz CT molecular complexity index is 119. The summed E-state index contributed by atoms with van der Waals surface area (Å²) in [4.78, 5) is 2.38. The largest absolute Gasteiger partial charge is 0.392 e. The van der Waals surface area contributed by atoms with Gasteiger partial charge in [-0.05, 0) is 38.3 Å². The Balaban J connectivity index is 2.17. The molecule has 0 unspecified atom stereocenters. The fourth-order valence-electron chi connectivity index (χ4n) is 1.67. The van der Waals surface area contributed by atoms with E-state index >= 15 is 0 Å². The molecule has 12 heavy (non-hydrogen) atoms. The van der Waals surface area contributed by atoms with Gasteiger partial charge in [0.2, 0.25) is 0 Å². The third kappa shape index (κ3) is 3.11. The minimum absolute atomic E-state index is 0.113. The summed E-state index contributed by atoms with van der Waals surface area (Å²) in [5.41, 5.74) is 0. The second kappa shape index (κ2) is 4.83. The number of aliphatic hydroxyl groups excluding tert-OH is 1. The summed E-state index contributed by atoms with van der Waals surface area (Å²) < 4.78 is 0. The molecule has 1 fully saturated rings. The SMILES string of the molecule is CC[C@H](O)CN1CCC(C)CC1. The van der Waals surface area contributed by atoms with Crippen LogP contribution >= 0.6 is 0 Å². The first-order valence-electron chi connectivity index (χ1n) is 5.12. The number of β-amino-alcohol motifs (C(OH)–C–C–N with tert-alkyl or cyclic N) is 1. The molecule has 1 aliphatic rings. The maximum atomic E-state index is 9.43. The highest BCUT2D eigenvalue weighted by atomic mass is 16.3. The smallest absolute Gasteiger partial charge is 0.0664 e. The zero-order chi connectivity index (χ0) is 8.97. The van der Waals surface area contributed by atoms with Gasteiger partial charge in [-0.3, -0.25) is 0 Å². The fraction of sp³-hybridized carbons (Fsp3) is 1.00. The first-order valence-corrected chi connectivity index (χ1v) is 5.12. The van der Waals surface area contributed by atoms with E-state index in [2.05, 4.69) is 11.8 Å². The van der Waals surface area contributed by atoms with Gasteiger partial charge in [0.05, 0.1) is 6.10 Å². The summed E-state index contributed by atoms with van der Waals surface area (Å²) >= 11 is 0. The summed E-state index contributed by atoms with van der Waals surface area (Å²) in [5, 5.41) is 9.43. The third-order valence-corrected chi connectivity index (χ3v) is 2.82. The van der Waals surface area contributed by atoms with Crippen LogP contribution in [0.4, 0.5) is 0 Å². The van der Waals surface area contributed by atoms with Crippen molar-refractivity contribution in [2.75, 3.05) is 19.6 Å². The van der Waals surface area contributed by atoms with Crippen LogP contribution < -0.4 is 0 Å². The Kier molecular flexibility index (Phi) is 4.02. The Hall–Kier alpha value is -0.0800. The van der Waals surface area contributed by atoms with E-state index in [1.165, 1.54) is 25.9 Å². The lowest BCUT2D eigenvalue weighted by atomic mass is 9.99. The Morgan fingerprint density at radius 2 is 2.00 bits per heavy atom. The molecular formula is C10H21NO. The zero-order valence-corrected chi connectivity index (χ0v) is 8.29. The highest BCUT2D eigenvalue weighted by molar-refractivity contribution is 4.71. The molecule has 0 spiro atoms. The first kappa shape index (κ1) is 10.0. The van der Waals surface area contributed by atoms with Crippen molar-refractivity contribution < 1.29 is 5.11 Å². The number of rotatable bonds is 3. The van der Waals surface area contributed by atoms with E-state index in [0.717, 1.165) is 18.9 Å². The maximum Gasteiger partial charge on any atom is 0.0664 e. The maximum absolute atomic E-state index is 9.43. The van der Waals surface area contributed by atoms with E-state index < -0.39 is 0 Å². The normalized spacial score (nSPS) is 24.2. The van der Waals surface area contributed by atoms with Crippen LogP contribution in [-0.4, -0.2) is 35.7 Å². The molecule has 2 nitrogen and oxygen atoms in total. The van der Waals surface area contributed by atoms with E-state index in [4.69, 9.17) is 0 Å². The minimum Gasteiger partial charge on any atom is -0.392 e. The fourth-order valence-corrected chi connectivity index (χ4v) is 1.67. The molecule has 0 amide bonds. The van der Waals surface area contributed by atoms with E-state index in [0.29, 0.717) is 0 Å². The van der Waals surface area contributed by atoms with Crippen molar-refractivity contribution in [3.63, 3.8) is 0 Å². The number of nitrogens with zero attached hydrogens (tertiary/aromatic N) is 1. The molecule has 1 atom stereocenters. The molecule has 0 aromatic heterocycles. The van der Waals surface area contributed by atoms with E-state index in [-0.39, 0.29) is 6.10 Å². The van der Waals surface area contributed by atoms with Gasteiger partial charge < -0.3 is 10.0 Å². The number of piperidine rings is 1. The van der Waals surface area contributed by atoms with Crippen molar-refractivity contribution in [1.82, 2.24) is 4.90 Å². The van der Waals surface area contributed by atoms with Gasteiger partial charge in [0, 0.05) is 6.54 Å². The average Bonchev–Trinajstić information content (AvgIpc) is 2.09. The topological polar surface area (TPSA) is 23.5 Å². The molecule has 0 aromatic rings. The summed E-state index contributed by atoms with van der Waals surface area (Å²) in [5.74, 6) is 0.889. The molecule has 1 aliphatic heterocycles. The molecule has 1 saturated heterocycles. The Morgan fingerprint density at radius 3 is 2.50 bits per heavy atom. The molecule has 72 valence electrons. The predicted octanol–water partition coefficient (Wildman–Crippen LogP) is 1.49. The summed E-state index contributed by atoms with van der Waals surface area (Å²) in [6.45, 7) is 7.59. The number of hydrogen-bond donors (Lipinski definition) is 1. The summed E-state index contributed by atoms with van der Waals surface area (Å²) in [6.07, 6.45) is 3.37. The van der Waals surface area contributed by atoms with Crippen molar-refractivity contribution in [3.8, 4) is 0 Å². The van der Waals surface area contributed by atoms with Crippen molar-refractivity contribution in [3.05, 3.63) is 0 Å². The predicted molar refractivity (Wildman–Crippen MR) is 51.1 cm³/mol. The third-order valence-electron chi connectivity index (χ3n) is 2.82. The molecule has 1 heterocycles. The summed E-state index contributed by atoms with van der Waals surface area (Å²) in [7, 11) is 0.